The van der Waals surface area contributed by atoms with Crippen LogP contribution in [0.4, 0.5) is 21.7 Å². The highest BCUT2D eigenvalue weighted by atomic mass is 19.1. The molecule has 5 aromatic rings. The Morgan fingerprint density at radius 2 is 1.91 bits per heavy atom. The van der Waals surface area contributed by atoms with Crippen molar-refractivity contribution in [2.75, 3.05) is 17.3 Å². The monoisotopic (exact) mass is 467 g/mol. The third kappa shape index (κ3) is 3.84. The number of nitrogens with zero attached hydrogens (tertiary/aromatic N) is 6. The fourth-order valence-corrected chi connectivity index (χ4v) is 4.17. The Hall–Kier alpha value is -4.40. The van der Waals surface area contributed by atoms with Crippen molar-refractivity contribution in [2.24, 2.45) is 5.92 Å². The van der Waals surface area contributed by atoms with Crippen molar-refractivity contribution < 1.29 is 9.18 Å². The number of benzene rings is 1. The van der Waals surface area contributed by atoms with Gasteiger partial charge in [0, 0.05) is 53.6 Å². The Morgan fingerprint density at radius 1 is 1.11 bits per heavy atom. The lowest BCUT2D eigenvalue weighted by molar-refractivity contribution is -0.117. The molecule has 0 bridgehead atoms. The van der Waals surface area contributed by atoms with Gasteiger partial charge in [0.2, 0.25) is 5.91 Å². The van der Waals surface area contributed by atoms with Crippen molar-refractivity contribution >= 4 is 39.6 Å². The fourth-order valence-electron chi connectivity index (χ4n) is 4.17. The van der Waals surface area contributed by atoms with Gasteiger partial charge in [-0.1, -0.05) is 18.2 Å². The van der Waals surface area contributed by atoms with E-state index in [1.807, 2.05) is 48.3 Å². The van der Waals surface area contributed by atoms with Crippen LogP contribution in [0.3, 0.4) is 0 Å². The van der Waals surface area contributed by atoms with Gasteiger partial charge in [0.1, 0.15) is 11.6 Å². The predicted octanol–water partition coefficient (Wildman–Crippen LogP) is 4.90. The molecule has 0 radical (unpaired) electrons. The first-order valence-corrected chi connectivity index (χ1v) is 11.4. The topological polar surface area (TPSA) is 88.3 Å². The summed E-state index contributed by atoms with van der Waals surface area (Å²) in [6.45, 7) is 1.80. The Labute approximate surface area is 200 Å². The normalized spacial score (nSPS) is 13.3. The number of pyridine rings is 3. The van der Waals surface area contributed by atoms with E-state index in [1.54, 1.807) is 25.5 Å². The van der Waals surface area contributed by atoms with Crippen molar-refractivity contribution in [3.63, 3.8) is 0 Å². The number of aromatic nitrogens is 5. The van der Waals surface area contributed by atoms with Crippen molar-refractivity contribution in [2.45, 2.75) is 19.8 Å². The van der Waals surface area contributed by atoms with Crippen LogP contribution in [0.1, 0.15) is 18.4 Å². The molecule has 1 saturated carbocycles. The molecule has 0 saturated heterocycles. The minimum absolute atomic E-state index is 0.0301. The third-order valence-electron chi connectivity index (χ3n) is 6.18. The summed E-state index contributed by atoms with van der Waals surface area (Å²) in [6.07, 6.45) is 6.91. The maximum Gasteiger partial charge on any atom is 0.228 e. The Balaban J connectivity index is 1.53. The first kappa shape index (κ1) is 21.2. The molecule has 1 aliphatic rings. The molecular weight excluding hydrogens is 445 g/mol. The lowest BCUT2D eigenvalue weighted by Crippen LogP contribution is -2.15. The Kier molecular flexibility index (Phi) is 4.91. The summed E-state index contributed by atoms with van der Waals surface area (Å²) in [5.41, 5.74) is 2.46. The molecule has 1 amide bonds. The second-order valence-electron chi connectivity index (χ2n) is 8.84. The van der Waals surface area contributed by atoms with E-state index < -0.39 is 5.82 Å². The number of hydrogen-bond acceptors (Lipinski definition) is 6. The summed E-state index contributed by atoms with van der Waals surface area (Å²) < 4.78 is 16.0. The molecule has 0 unspecified atom stereocenters. The van der Waals surface area contributed by atoms with Crippen molar-refractivity contribution in [3.8, 4) is 11.4 Å². The van der Waals surface area contributed by atoms with Gasteiger partial charge in [0.05, 0.1) is 0 Å². The number of para-hydroxylation sites is 1. The summed E-state index contributed by atoms with van der Waals surface area (Å²) in [5, 5.41) is 8.94. The molecule has 1 N–H and O–H groups in total. The van der Waals surface area contributed by atoms with Crippen LogP contribution in [0.2, 0.25) is 0 Å². The quantitative estimate of drug-likeness (QED) is 0.395. The number of hydrogen-bond donors (Lipinski definition) is 1. The number of aryl methyl sites for hydroxylation is 1. The van der Waals surface area contributed by atoms with E-state index in [0.29, 0.717) is 23.0 Å². The molecule has 1 fully saturated rings. The molecule has 6 rings (SSSR count). The molecule has 0 spiro atoms. The molecule has 1 aromatic carbocycles. The van der Waals surface area contributed by atoms with E-state index in [2.05, 4.69) is 20.4 Å². The fraction of sp³-hybridized carbons (Fsp3) is 0.192. The zero-order valence-electron chi connectivity index (χ0n) is 19.2. The first-order valence-electron chi connectivity index (χ1n) is 11.4. The molecule has 0 atom stereocenters. The molecule has 4 heterocycles. The van der Waals surface area contributed by atoms with E-state index in [4.69, 9.17) is 4.98 Å². The van der Waals surface area contributed by atoms with Gasteiger partial charge < -0.3 is 10.2 Å². The number of halogens is 1. The van der Waals surface area contributed by atoms with Gasteiger partial charge >= 0.3 is 0 Å². The molecule has 0 aliphatic heterocycles. The van der Waals surface area contributed by atoms with Gasteiger partial charge in [-0.2, -0.15) is 0 Å². The maximum absolute atomic E-state index is 14.5. The van der Waals surface area contributed by atoms with Crippen LogP contribution in [-0.2, 0) is 4.79 Å². The van der Waals surface area contributed by atoms with Gasteiger partial charge in [-0.3, -0.25) is 4.79 Å². The summed E-state index contributed by atoms with van der Waals surface area (Å²) in [4.78, 5) is 28.0. The lowest BCUT2D eigenvalue weighted by atomic mass is 10.1. The van der Waals surface area contributed by atoms with Crippen molar-refractivity contribution in [1.29, 1.82) is 0 Å². The van der Waals surface area contributed by atoms with E-state index in [1.165, 1.54) is 10.6 Å². The number of amides is 1. The first-order chi connectivity index (χ1) is 17.0. The second-order valence-corrected chi connectivity index (χ2v) is 8.84. The second kappa shape index (κ2) is 8.12. The minimum Gasteiger partial charge on any atom is -0.329 e. The van der Waals surface area contributed by atoms with Gasteiger partial charge in [0.25, 0.3) is 0 Å². The van der Waals surface area contributed by atoms with Crippen LogP contribution in [0.15, 0.2) is 61.1 Å². The van der Waals surface area contributed by atoms with E-state index in [9.17, 15) is 9.18 Å². The molecule has 35 heavy (non-hydrogen) atoms. The number of rotatable bonds is 5. The predicted molar refractivity (Wildman–Crippen MR) is 132 cm³/mol. The van der Waals surface area contributed by atoms with E-state index in [-0.39, 0.29) is 17.5 Å². The van der Waals surface area contributed by atoms with Gasteiger partial charge in [-0.25, -0.2) is 23.9 Å². The Bertz CT molecular complexity index is 1590. The van der Waals surface area contributed by atoms with Crippen LogP contribution in [0.5, 0.6) is 0 Å². The maximum atomic E-state index is 14.5. The zero-order chi connectivity index (χ0) is 24.1. The largest absolute Gasteiger partial charge is 0.329 e. The highest BCUT2D eigenvalue weighted by Gasteiger charge is 2.30. The summed E-state index contributed by atoms with van der Waals surface area (Å²) >= 11 is 0. The minimum atomic E-state index is -0.444. The van der Waals surface area contributed by atoms with E-state index >= 15 is 0 Å². The van der Waals surface area contributed by atoms with Crippen molar-refractivity contribution in [3.05, 3.63) is 72.4 Å². The van der Waals surface area contributed by atoms with Crippen LogP contribution >= 0.6 is 0 Å². The number of nitrogens with one attached hydrogen (secondary N) is 1. The molecule has 8 nitrogen and oxygen atoms in total. The average Bonchev–Trinajstić information content (AvgIpc) is 3.63. The van der Waals surface area contributed by atoms with Crippen LogP contribution < -0.4 is 10.2 Å². The highest BCUT2D eigenvalue weighted by molar-refractivity contribution is 6.04. The third-order valence-corrected chi connectivity index (χ3v) is 6.18. The smallest absolute Gasteiger partial charge is 0.228 e. The lowest BCUT2D eigenvalue weighted by Gasteiger charge is -2.21. The van der Waals surface area contributed by atoms with Gasteiger partial charge in [-0.05, 0) is 49.6 Å². The van der Waals surface area contributed by atoms with Crippen LogP contribution in [0.25, 0.3) is 27.8 Å². The standard InChI is InChI=1S/C26H22FN7O/c1-15-10-21(27)25-31-23(32-34(25)14-15)19-12-29-24(33(2)17-6-4-3-5-7-17)20-13-28-22(11-18(19)20)30-26(35)16-8-9-16/h3-7,10-14,16H,8-9H2,1-2H3,(H,28,30,35). The van der Waals surface area contributed by atoms with E-state index in [0.717, 1.165) is 34.9 Å². The molecule has 1 aliphatic carbocycles. The average molecular weight is 468 g/mol. The number of anilines is 3. The Morgan fingerprint density at radius 3 is 2.69 bits per heavy atom. The van der Waals surface area contributed by atoms with Crippen LogP contribution in [0, 0.1) is 18.7 Å². The highest BCUT2D eigenvalue weighted by Crippen LogP contribution is 2.36. The number of carbonyl (C=O) groups excluding carboxylic acids is 1. The summed E-state index contributed by atoms with van der Waals surface area (Å²) in [7, 11) is 1.93. The summed E-state index contributed by atoms with van der Waals surface area (Å²) in [5.74, 6) is 1.05. The van der Waals surface area contributed by atoms with Crippen molar-refractivity contribution in [1.82, 2.24) is 24.6 Å². The van der Waals surface area contributed by atoms with Crippen LogP contribution in [-0.4, -0.2) is 37.5 Å². The SMILES string of the molecule is Cc1cc(F)c2nc(-c3cnc(N(C)c4ccccc4)c4cnc(NC(=O)C5CC5)cc34)nn2c1. The number of fused-ring (bicyclic) bond motifs is 2. The van der Waals surface area contributed by atoms with Gasteiger partial charge in [0.15, 0.2) is 17.3 Å². The zero-order valence-corrected chi connectivity index (χ0v) is 19.2. The van der Waals surface area contributed by atoms with Gasteiger partial charge in [-0.15, -0.1) is 5.10 Å². The number of carbonyl (C=O) groups is 1. The molecular formula is C26H22FN7O. The molecule has 174 valence electrons. The summed E-state index contributed by atoms with van der Waals surface area (Å²) in [6, 6.07) is 13.1. The molecule has 9 heteroatoms. The molecule has 4 aromatic heterocycles.